The molecule has 1 aliphatic carbocycles. The first-order chi connectivity index (χ1) is 18.8. The molecule has 0 saturated carbocycles. The standard InChI is InChI=1S/C31H44N4O3S/c1-6-8-11-23-20-34(5)17-14-24(23)26(22(4)35-15-9-10-16-35)19-32-31(37)33-29-28(30(36)38-7-2)25-13-12-21(3)18-27(25)39-29/h9-10,15-16,21H,6-8,11-14,17-20H2,1-5H3,(H2,32,33,37)/b26-22+. The molecule has 39 heavy (non-hydrogen) atoms. The Bertz CT molecular complexity index is 1220. The number of carbonyl (C=O) groups is 2. The topological polar surface area (TPSA) is 75.6 Å². The smallest absolute Gasteiger partial charge is 0.341 e. The summed E-state index contributed by atoms with van der Waals surface area (Å²) in [5.41, 5.74) is 6.73. The summed E-state index contributed by atoms with van der Waals surface area (Å²) in [4.78, 5) is 29.8. The van der Waals surface area contributed by atoms with Crippen molar-refractivity contribution in [3.63, 3.8) is 0 Å². The summed E-state index contributed by atoms with van der Waals surface area (Å²) in [6, 6.07) is 3.76. The number of unbranched alkanes of at least 4 members (excludes halogenated alkanes) is 1. The summed E-state index contributed by atoms with van der Waals surface area (Å²) in [7, 11) is 2.18. The third kappa shape index (κ3) is 7.03. The molecule has 0 saturated heterocycles. The number of nitrogens with one attached hydrogen (secondary N) is 2. The molecule has 2 amide bonds. The number of carbonyl (C=O) groups excluding carboxylic acids is 2. The van der Waals surface area contributed by atoms with Crippen molar-refractivity contribution in [1.29, 1.82) is 0 Å². The van der Waals surface area contributed by atoms with E-state index < -0.39 is 0 Å². The van der Waals surface area contributed by atoms with Gasteiger partial charge in [-0.2, -0.15) is 0 Å². The average Bonchev–Trinajstić information content (AvgIpc) is 3.56. The summed E-state index contributed by atoms with van der Waals surface area (Å²) in [5.74, 6) is 0.225. The number of allylic oxidation sites excluding steroid dienone is 1. The summed E-state index contributed by atoms with van der Waals surface area (Å²) in [6.07, 6.45) is 11.3. The van der Waals surface area contributed by atoms with E-state index in [0.717, 1.165) is 69.3 Å². The first-order valence-corrected chi connectivity index (χ1v) is 15.2. The minimum atomic E-state index is -0.346. The molecule has 2 aliphatic rings. The lowest BCUT2D eigenvalue weighted by atomic mass is 9.88. The SMILES string of the molecule is CCCCC1=C(/C(CNC(=O)Nc2sc3c(c2C(=O)OCC)CCC(C)C3)=C(\C)n2cccc2)CCN(C)C1. The Balaban J connectivity index is 1.59. The molecule has 1 aliphatic heterocycles. The number of nitrogens with zero attached hydrogens (tertiary/aromatic N) is 2. The van der Waals surface area contributed by atoms with Gasteiger partial charge in [0.15, 0.2) is 0 Å². The first-order valence-electron chi connectivity index (χ1n) is 14.4. The Morgan fingerprint density at radius 3 is 2.67 bits per heavy atom. The number of likely N-dealkylation sites (N-methyl/N-ethyl adjacent to an activating group) is 1. The molecule has 1 atom stereocenters. The maximum atomic E-state index is 13.3. The van der Waals surface area contributed by atoms with Gasteiger partial charge in [-0.05, 0) is 94.2 Å². The minimum absolute atomic E-state index is 0.298. The van der Waals surface area contributed by atoms with Crippen LogP contribution in [0.25, 0.3) is 5.70 Å². The van der Waals surface area contributed by atoms with E-state index in [9.17, 15) is 9.59 Å². The van der Waals surface area contributed by atoms with Gasteiger partial charge in [0.1, 0.15) is 5.00 Å². The molecular weight excluding hydrogens is 508 g/mol. The fourth-order valence-electron chi connectivity index (χ4n) is 5.71. The maximum Gasteiger partial charge on any atom is 0.341 e. The van der Waals surface area contributed by atoms with Crippen LogP contribution in [0.15, 0.2) is 41.2 Å². The molecule has 2 aromatic heterocycles. The maximum absolute atomic E-state index is 13.3. The molecule has 3 heterocycles. The van der Waals surface area contributed by atoms with Gasteiger partial charge < -0.3 is 19.5 Å². The van der Waals surface area contributed by atoms with E-state index in [0.29, 0.717) is 29.6 Å². The van der Waals surface area contributed by atoms with Gasteiger partial charge in [0.2, 0.25) is 0 Å². The summed E-state index contributed by atoms with van der Waals surface area (Å²) in [6.45, 7) is 11.1. The summed E-state index contributed by atoms with van der Waals surface area (Å²) < 4.78 is 7.51. The average molecular weight is 553 g/mol. The van der Waals surface area contributed by atoms with Crippen molar-refractivity contribution in [2.45, 2.75) is 72.6 Å². The zero-order valence-electron chi connectivity index (χ0n) is 24.2. The third-order valence-electron chi connectivity index (χ3n) is 7.90. The lowest BCUT2D eigenvalue weighted by molar-refractivity contribution is 0.0526. The highest BCUT2D eigenvalue weighted by Crippen LogP contribution is 2.40. The number of hydrogen-bond acceptors (Lipinski definition) is 5. The highest BCUT2D eigenvalue weighted by atomic mass is 32.1. The number of fused-ring (bicyclic) bond motifs is 1. The number of esters is 1. The van der Waals surface area contributed by atoms with Crippen molar-refractivity contribution in [2.75, 3.05) is 38.6 Å². The van der Waals surface area contributed by atoms with Crippen LogP contribution in [0.2, 0.25) is 0 Å². The lowest BCUT2D eigenvalue weighted by Crippen LogP contribution is -2.34. The van der Waals surface area contributed by atoms with E-state index in [1.165, 1.54) is 32.9 Å². The molecule has 0 aromatic carbocycles. The van der Waals surface area contributed by atoms with Crippen LogP contribution in [0.3, 0.4) is 0 Å². The Hall–Kier alpha value is -2.84. The highest BCUT2D eigenvalue weighted by Gasteiger charge is 2.29. The van der Waals surface area contributed by atoms with Gasteiger partial charge in [-0.1, -0.05) is 25.8 Å². The van der Waals surface area contributed by atoms with Crippen LogP contribution in [0, 0.1) is 5.92 Å². The van der Waals surface area contributed by atoms with Crippen LogP contribution in [-0.2, 0) is 17.6 Å². The molecule has 8 heteroatoms. The quantitative estimate of drug-likeness (QED) is 0.321. The number of aromatic nitrogens is 1. The number of amides is 2. The van der Waals surface area contributed by atoms with Crippen LogP contribution in [0.1, 0.15) is 80.6 Å². The second-order valence-corrected chi connectivity index (χ2v) is 12.0. The molecule has 1 unspecified atom stereocenters. The van der Waals surface area contributed by atoms with Gasteiger partial charge >= 0.3 is 12.0 Å². The molecule has 0 fully saturated rings. The van der Waals surface area contributed by atoms with Crippen molar-refractivity contribution in [3.05, 3.63) is 57.2 Å². The Morgan fingerprint density at radius 1 is 1.18 bits per heavy atom. The Kier molecular flexibility index (Phi) is 10.1. The van der Waals surface area contributed by atoms with Gasteiger partial charge in [-0.25, -0.2) is 9.59 Å². The van der Waals surface area contributed by atoms with Crippen molar-refractivity contribution >= 4 is 34.0 Å². The molecule has 7 nitrogen and oxygen atoms in total. The van der Waals surface area contributed by atoms with E-state index in [1.54, 1.807) is 0 Å². The fourth-order valence-corrected chi connectivity index (χ4v) is 7.10. The van der Waals surface area contributed by atoms with E-state index in [4.69, 9.17) is 4.74 Å². The zero-order valence-corrected chi connectivity index (χ0v) is 25.0. The third-order valence-corrected chi connectivity index (χ3v) is 9.07. The molecule has 4 rings (SSSR count). The molecule has 2 aromatic rings. The Morgan fingerprint density at radius 2 is 1.95 bits per heavy atom. The van der Waals surface area contributed by atoms with Gasteiger partial charge in [0.25, 0.3) is 0 Å². The normalized spacial score (nSPS) is 18.4. The van der Waals surface area contributed by atoms with E-state index in [2.05, 4.69) is 60.3 Å². The fraction of sp³-hybridized carbons (Fsp3) is 0.548. The number of anilines is 1. The molecule has 0 bridgehead atoms. The van der Waals surface area contributed by atoms with E-state index in [-0.39, 0.29) is 12.0 Å². The molecule has 212 valence electrons. The largest absolute Gasteiger partial charge is 0.462 e. The van der Waals surface area contributed by atoms with E-state index >= 15 is 0 Å². The minimum Gasteiger partial charge on any atom is -0.462 e. The second kappa shape index (κ2) is 13.5. The van der Waals surface area contributed by atoms with Crippen LogP contribution < -0.4 is 10.6 Å². The van der Waals surface area contributed by atoms with E-state index in [1.807, 2.05) is 19.1 Å². The van der Waals surface area contributed by atoms with Crippen LogP contribution in [0.5, 0.6) is 0 Å². The monoisotopic (exact) mass is 552 g/mol. The van der Waals surface area contributed by atoms with Crippen LogP contribution in [-0.4, -0.2) is 54.8 Å². The summed E-state index contributed by atoms with van der Waals surface area (Å²) in [5, 5.41) is 6.75. The predicted octanol–water partition coefficient (Wildman–Crippen LogP) is 6.73. The molecular formula is C31H44N4O3S. The lowest BCUT2D eigenvalue weighted by Gasteiger charge is -2.30. The number of rotatable bonds is 10. The van der Waals surface area contributed by atoms with Gasteiger partial charge in [0, 0.05) is 42.6 Å². The van der Waals surface area contributed by atoms with Crippen molar-refractivity contribution < 1.29 is 14.3 Å². The van der Waals surface area contributed by atoms with Crippen LogP contribution in [0.4, 0.5) is 9.80 Å². The Labute approximate surface area is 237 Å². The summed E-state index contributed by atoms with van der Waals surface area (Å²) >= 11 is 1.52. The number of ether oxygens (including phenoxy) is 1. The van der Waals surface area contributed by atoms with Gasteiger partial charge in [-0.15, -0.1) is 11.3 Å². The number of urea groups is 1. The van der Waals surface area contributed by atoms with Gasteiger partial charge in [0.05, 0.1) is 12.2 Å². The van der Waals surface area contributed by atoms with Crippen molar-refractivity contribution in [2.24, 2.45) is 5.92 Å². The predicted molar refractivity (Wildman–Crippen MR) is 160 cm³/mol. The van der Waals surface area contributed by atoms with Crippen molar-refractivity contribution in [1.82, 2.24) is 14.8 Å². The molecule has 0 radical (unpaired) electrons. The van der Waals surface area contributed by atoms with Crippen LogP contribution >= 0.6 is 11.3 Å². The number of hydrogen-bond donors (Lipinski definition) is 2. The number of thiophene rings is 1. The molecule has 2 N–H and O–H groups in total. The molecule has 0 spiro atoms. The van der Waals surface area contributed by atoms with Gasteiger partial charge in [-0.3, -0.25) is 5.32 Å². The first kappa shape index (κ1) is 29.2. The van der Waals surface area contributed by atoms with Crippen molar-refractivity contribution in [3.8, 4) is 0 Å². The highest BCUT2D eigenvalue weighted by molar-refractivity contribution is 7.17. The second-order valence-electron chi connectivity index (χ2n) is 10.9. The zero-order chi connectivity index (χ0) is 27.9.